The molecule has 6 atom stereocenters. The van der Waals surface area contributed by atoms with Gasteiger partial charge in [0.25, 0.3) is 0 Å². The van der Waals surface area contributed by atoms with Crippen LogP contribution in [0.2, 0.25) is 2.82 Å². The Labute approximate surface area is 194 Å². The molecule has 174 valence electrons. The Morgan fingerprint density at radius 3 is 2.71 bits per heavy atom. The molecule has 0 radical (unpaired) electrons. The highest BCUT2D eigenvalue weighted by atomic mass is 31.3. The molecule has 1 aliphatic rings. The molecule has 2 aromatic rings. The average molecular weight is 523 g/mol. The summed E-state index contributed by atoms with van der Waals surface area (Å²) in [5.41, 5.74) is -1.95. The van der Waals surface area contributed by atoms with Crippen LogP contribution in [0.25, 0.3) is 11.2 Å². The molecule has 21 heteroatoms. The normalized spacial score (nSPS) is 45.4. The fraction of sp³-hybridized carbons (Fsp3) is 0.500. The minimum Gasteiger partial charge on any atom is -0.387 e. The molecular formula is C10H16N5O13P3. The Bertz CT molecular complexity index is 1660. The van der Waals surface area contributed by atoms with Crippen molar-refractivity contribution in [2.24, 2.45) is 0 Å². The molecule has 0 saturated carbocycles. The van der Waals surface area contributed by atoms with E-state index in [1.54, 1.807) is 0 Å². The predicted molar refractivity (Wildman–Crippen MR) is 95.5 cm³/mol. The van der Waals surface area contributed by atoms with Crippen LogP contribution < -0.4 is 5.72 Å². The molecule has 2 unspecified atom stereocenters. The molecule has 31 heavy (non-hydrogen) atoms. The van der Waals surface area contributed by atoms with Crippen molar-refractivity contribution in [2.45, 2.75) is 24.4 Å². The van der Waals surface area contributed by atoms with E-state index in [0.717, 1.165) is 0 Å². The number of nitrogens with zero attached hydrogens (tertiary/aromatic N) is 4. The highest BCUT2D eigenvalue weighted by molar-refractivity contribution is 7.66. The zero-order valence-corrected chi connectivity index (χ0v) is 16.6. The first kappa shape index (κ1) is 10.7. The van der Waals surface area contributed by atoms with Crippen molar-refractivity contribution in [2.75, 3.05) is 12.3 Å². The van der Waals surface area contributed by atoms with Crippen molar-refractivity contribution in [3.05, 3.63) is 12.6 Å². The molecule has 2 aromatic heterocycles. The number of hydrogen-bond donors (Lipinski definition) is 7. The first-order valence-corrected chi connectivity index (χ1v) is 11.3. The summed E-state index contributed by atoms with van der Waals surface area (Å²) < 4.78 is 178. The molecular weight excluding hydrogens is 491 g/mol. The van der Waals surface area contributed by atoms with Crippen LogP contribution in [0.1, 0.15) is 17.2 Å². The quantitative estimate of drug-likeness (QED) is 0.129. The van der Waals surface area contributed by atoms with E-state index in [9.17, 15) is 13.7 Å². The van der Waals surface area contributed by atoms with Gasteiger partial charge in [-0.1, -0.05) is 0 Å². The summed E-state index contributed by atoms with van der Waals surface area (Å²) in [5.74, 6) is -0.828. The number of phosphoric acid groups is 3. The van der Waals surface area contributed by atoms with Gasteiger partial charge in [0.15, 0.2) is 20.5 Å². The number of imidazole rings is 1. The van der Waals surface area contributed by atoms with Gasteiger partial charge in [-0.2, -0.15) is 8.62 Å². The predicted octanol–water partition coefficient (Wildman–Crippen LogP) is -1.63. The summed E-state index contributed by atoms with van der Waals surface area (Å²) in [6.07, 6.45) is -19.1. The molecule has 0 bridgehead atoms. The second-order valence-corrected chi connectivity index (χ2v) is 9.13. The van der Waals surface area contributed by atoms with E-state index in [1.165, 1.54) is 0 Å². The number of aromatic nitrogens is 4. The first-order chi connectivity index (χ1) is 21.4. The maximum atomic E-state index is 13.1. The van der Waals surface area contributed by atoms with E-state index in [2.05, 4.69) is 57.9 Å². The van der Waals surface area contributed by atoms with E-state index in [-0.39, 0.29) is 10.3 Å². The highest BCUT2D eigenvalue weighted by Gasteiger charge is 2.47. The van der Waals surface area contributed by atoms with Gasteiger partial charge in [-0.3, -0.25) is 9.09 Å². The van der Waals surface area contributed by atoms with Crippen molar-refractivity contribution in [3.63, 3.8) is 0 Å². The third-order valence-corrected chi connectivity index (χ3v) is 6.38. The summed E-state index contributed by atoms with van der Waals surface area (Å²) in [6.45, 7) is -4.58. The molecule has 0 spiro atoms. The van der Waals surface area contributed by atoms with Crippen molar-refractivity contribution < 1.29 is 75.2 Å². The van der Waals surface area contributed by atoms with Crippen LogP contribution in [0.4, 0.5) is 5.82 Å². The highest BCUT2D eigenvalue weighted by Crippen LogP contribution is 2.66. The zero-order chi connectivity index (χ0) is 36.2. The largest absolute Gasteiger partial charge is 0.490 e. The molecule has 3 heterocycles. The lowest BCUT2D eigenvalue weighted by molar-refractivity contribution is -0.0503. The van der Waals surface area contributed by atoms with Gasteiger partial charge in [0.05, 0.1) is 21.1 Å². The lowest BCUT2D eigenvalue weighted by atomic mass is 10.1. The molecule has 0 aliphatic carbocycles. The van der Waals surface area contributed by atoms with E-state index in [0.29, 0.717) is 0 Å². The average Bonchev–Trinajstić information content (AvgIpc) is 3.40. The fourth-order valence-corrected chi connectivity index (χ4v) is 4.52. The van der Waals surface area contributed by atoms with E-state index < -0.39 is 84.1 Å². The summed E-state index contributed by atoms with van der Waals surface area (Å²) in [5, 5.41) is 8.17. The van der Waals surface area contributed by atoms with Gasteiger partial charge in [-0.25, -0.2) is 28.6 Å². The van der Waals surface area contributed by atoms with Crippen LogP contribution >= 0.6 is 23.5 Å². The Balaban J connectivity index is 2.25. The van der Waals surface area contributed by atoms with Gasteiger partial charge < -0.3 is 40.3 Å². The van der Waals surface area contributed by atoms with E-state index >= 15 is 0 Å². The number of rotatable bonds is 15. The molecule has 1 fully saturated rings. The summed E-state index contributed by atoms with van der Waals surface area (Å²) in [4.78, 5) is 24.2. The second-order valence-electron chi connectivity index (χ2n) is 4.96. The summed E-state index contributed by atoms with van der Waals surface area (Å²) in [7, 11) is -18.2. The topological polar surface area (TPSA) is 279 Å². The van der Waals surface area contributed by atoms with Gasteiger partial charge in [-0.05, 0) is 0 Å². The molecule has 0 amide bonds. The van der Waals surface area contributed by atoms with Gasteiger partial charge >= 0.3 is 23.5 Å². The number of nitrogens with two attached hydrogens (primary N) is 1. The maximum Gasteiger partial charge on any atom is 0.490 e. The van der Waals surface area contributed by atoms with Crippen molar-refractivity contribution in [1.82, 2.24) is 19.5 Å². The number of nitrogen functional groups attached to an aromatic ring is 1. The molecule has 18 nitrogen and oxygen atoms in total. The van der Waals surface area contributed by atoms with Crippen molar-refractivity contribution in [3.8, 4) is 0 Å². The van der Waals surface area contributed by atoms with Gasteiger partial charge in [0.2, 0.25) is 8.59 Å². The minimum absolute atomic E-state index is 0.0441. The summed E-state index contributed by atoms with van der Waals surface area (Å²) >= 11 is 0. The molecule has 0 aromatic carbocycles. The third-order valence-electron chi connectivity index (χ3n) is 2.87. The number of aliphatic hydroxyl groups is 2. The zero-order valence-electron chi connectivity index (χ0n) is 29.9. The smallest absolute Gasteiger partial charge is 0.387 e. The SMILES string of the molecule is [2H]O[C@@]1([2H])[C@@]([2H])(O[2H])[C@]([2H])(n2c([2H])nc3c(N([2H])[2H])nc([2H])nc32)O[C@]1([2H])C([2H])([2H])OP(=O)(O[2H])OP(=O)(O[2H])OP(=O)(O[2H])O[2H]. The van der Waals surface area contributed by atoms with Gasteiger partial charge in [-0.15, -0.1) is 0 Å². The van der Waals surface area contributed by atoms with Crippen LogP contribution in [0, 0.1) is 0 Å². The Morgan fingerprint density at radius 1 is 1.23 bits per heavy atom. The molecule has 8 N–H and O–H groups in total. The van der Waals surface area contributed by atoms with Crippen LogP contribution in [0.15, 0.2) is 12.6 Å². The third kappa shape index (κ3) is 5.71. The Kier molecular flexibility index (Phi) is 2.95. The van der Waals surface area contributed by atoms with E-state index in [4.69, 9.17) is 27.1 Å². The molecule has 1 saturated heterocycles. The van der Waals surface area contributed by atoms with Gasteiger partial charge in [0.1, 0.15) is 32.8 Å². The maximum absolute atomic E-state index is 13.1. The van der Waals surface area contributed by atoms with Crippen molar-refractivity contribution in [1.29, 1.82) is 8.59 Å². The Hall–Kier alpha value is -1.36. The van der Waals surface area contributed by atoms with Crippen LogP contribution in [-0.4, -0.2) is 82.7 Å². The number of ether oxygens (including phenoxy) is 1. The first-order valence-electron chi connectivity index (χ1n) is 14.3. The van der Waals surface area contributed by atoms with Crippen molar-refractivity contribution >= 4 is 40.4 Å². The molecule has 1 aliphatic heterocycles. The standard InChI is InChI=1S/C10H16N5O13P3/c11-8-5-9(13-2-12-8)15(3-14-5)10-7(17)6(16)4(26-10)1-25-30(21,22)28-31(23,24)27-29(18,19)20/h2-4,6-7,10,16-17H,1H2,(H,21,22)(H,23,24)(H2,11,12,13)(H2,18,19,20)/t4-,6-,7-,10-/m1/s1/i1D2,2D,3D,4D,6D,7D,10D,16D,17D/hD6. The minimum atomic E-state index is -6.41. The number of fused-ring (bicyclic) bond motifs is 1. The molecule has 3 rings (SSSR count). The Morgan fingerprint density at radius 2 is 2.03 bits per heavy atom. The second kappa shape index (κ2) is 8.53. The lowest BCUT2D eigenvalue weighted by Crippen LogP contribution is -2.33. The number of hydrogen-bond acceptors (Lipinski definition) is 17. The van der Waals surface area contributed by atoms with Gasteiger partial charge in [0, 0.05) is 0 Å². The fourth-order valence-electron chi connectivity index (χ4n) is 1.85. The number of phosphoric ester groups is 1. The van der Waals surface area contributed by atoms with Crippen LogP contribution in [-0.2, 0) is 31.6 Å². The van der Waals surface area contributed by atoms with Crippen LogP contribution in [0.5, 0.6) is 0 Å². The summed E-state index contributed by atoms with van der Waals surface area (Å²) in [6, 6.07) is 0. The number of anilines is 1. The monoisotopic (exact) mass is 523 g/mol. The van der Waals surface area contributed by atoms with E-state index in [1.807, 2.05) is 0 Å². The lowest BCUT2D eigenvalue weighted by Gasteiger charge is -2.19. The van der Waals surface area contributed by atoms with Crippen LogP contribution in [0.3, 0.4) is 0 Å².